The van der Waals surface area contributed by atoms with E-state index in [-0.39, 0.29) is 57.1 Å². The first-order chi connectivity index (χ1) is 16.9. The van der Waals surface area contributed by atoms with E-state index in [4.69, 9.17) is 14.2 Å². The van der Waals surface area contributed by atoms with Crippen molar-refractivity contribution in [2.45, 2.75) is 46.5 Å². The predicted octanol–water partition coefficient (Wildman–Crippen LogP) is 3.37. The number of H-pyrrole nitrogens is 1. The van der Waals surface area contributed by atoms with E-state index in [2.05, 4.69) is 10.3 Å². The lowest BCUT2D eigenvalue weighted by Crippen LogP contribution is -2.13. The number of aromatic amines is 1. The fourth-order valence-electron chi connectivity index (χ4n) is 4.04. The monoisotopic (exact) mass is 482 g/mol. The summed E-state index contributed by atoms with van der Waals surface area (Å²) in [6.07, 6.45) is 2.12. The van der Waals surface area contributed by atoms with Crippen molar-refractivity contribution in [1.29, 1.82) is 0 Å². The van der Waals surface area contributed by atoms with E-state index in [1.807, 2.05) is 24.3 Å². The van der Waals surface area contributed by atoms with Gasteiger partial charge in [0.1, 0.15) is 5.69 Å². The van der Waals surface area contributed by atoms with Gasteiger partial charge in [-0.3, -0.25) is 14.4 Å². The topological polar surface area (TPSA) is 124 Å². The molecular formula is C26H30N2O7. The normalized spacial score (nSPS) is 13.3. The number of hydrogen-bond acceptors (Lipinski definition) is 7. The first kappa shape index (κ1) is 25.7. The molecule has 0 unspecified atom stereocenters. The zero-order valence-electron chi connectivity index (χ0n) is 20.2. The Hall–Kier alpha value is -3.88. The van der Waals surface area contributed by atoms with Crippen LogP contribution in [0.1, 0.15) is 60.1 Å². The number of fused-ring (bicyclic) bond motifs is 1. The highest BCUT2D eigenvalue weighted by Gasteiger charge is 2.27. The molecule has 1 aromatic carbocycles. The van der Waals surface area contributed by atoms with E-state index < -0.39 is 17.9 Å². The number of aromatic nitrogens is 1. The van der Waals surface area contributed by atoms with Crippen LogP contribution in [0.2, 0.25) is 0 Å². The second kappa shape index (κ2) is 12.0. The van der Waals surface area contributed by atoms with Crippen LogP contribution in [0.5, 0.6) is 0 Å². The maximum absolute atomic E-state index is 12.7. The van der Waals surface area contributed by atoms with E-state index in [1.165, 1.54) is 0 Å². The molecule has 0 bridgehead atoms. The minimum atomic E-state index is -0.584. The number of rotatable bonds is 11. The van der Waals surface area contributed by atoms with Crippen LogP contribution >= 0.6 is 0 Å². The van der Waals surface area contributed by atoms with E-state index in [0.29, 0.717) is 22.4 Å². The van der Waals surface area contributed by atoms with Gasteiger partial charge >= 0.3 is 17.9 Å². The Bertz CT molecular complexity index is 1150. The zero-order valence-corrected chi connectivity index (χ0v) is 20.2. The van der Waals surface area contributed by atoms with E-state index in [9.17, 15) is 19.2 Å². The fraction of sp³-hybridized carbons (Fsp3) is 0.385. The van der Waals surface area contributed by atoms with Crippen LogP contribution in [0.25, 0.3) is 5.57 Å². The molecule has 0 fully saturated rings. The Kier molecular flexibility index (Phi) is 8.83. The lowest BCUT2D eigenvalue weighted by atomic mass is 9.98. The van der Waals surface area contributed by atoms with Gasteiger partial charge < -0.3 is 24.5 Å². The van der Waals surface area contributed by atoms with Crippen molar-refractivity contribution in [2.75, 3.05) is 25.1 Å². The smallest absolute Gasteiger partial charge is 0.355 e. The average Bonchev–Trinajstić information content (AvgIpc) is 3.33. The van der Waals surface area contributed by atoms with Crippen molar-refractivity contribution in [1.82, 2.24) is 4.98 Å². The van der Waals surface area contributed by atoms with E-state index in [1.54, 1.807) is 26.8 Å². The molecule has 9 nitrogen and oxygen atoms in total. The van der Waals surface area contributed by atoms with Crippen LogP contribution in [0, 0.1) is 0 Å². The fourth-order valence-corrected chi connectivity index (χ4v) is 4.04. The van der Waals surface area contributed by atoms with Gasteiger partial charge in [-0.25, -0.2) is 4.79 Å². The van der Waals surface area contributed by atoms with Crippen molar-refractivity contribution >= 4 is 35.1 Å². The Balaban J connectivity index is 2.02. The molecule has 0 atom stereocenters. The quantitative estimate of drug-likeness (QED) is 0.286. The summed E-state index contributed by atoms with van der Waals surface area (Å²) in [4.78, 5) is 52.8. The predicted molar refractivity (Wildman–Crippen MR) is 129 cm³/mol. The van der Waals surface area contributed by atoms with Gasteiger partial charge in [-0.1, -0.05) is 24.3 Å². The molecule has 1 amide bonds. The first-order valence-corrected chi connectivity index (χ1v) is 11.7. The third kappa shape index (κ3) is 6.17. The molecule has 2 heterocycles. The molecule has 1 aliphatic rings. The molecule has 2 aromatic rings. The Morgan fingerprint density at radius 1 is 0.914 bits per heavy atom. The molecule has 186 valence electrons. The van der Waals surface area contributed by atoms with Crippen molar-refractivity contribution in [3.05, 3.63) is 58.4 Å². The van der Waals surface area contributed by atoms with Crippen molar-refractivity contribution in [3.8, 4) is 0 Å². The summed E-state index contributed by atoms with van der Waals surface area (Å²) in [5.74, 6) is -1.68. The second-order valence-corrected chi connectivity index (χ2v) is 7.76. The molecule has 0 aliphatic carbocycles. The molecule has 0 spiro atoms. The Morgan fingerprint density at radius 3 is 2.31 bits per heavy atom. The molecule has 0 saturated heterocycles. The van der Waals surface area contributed by atoms with Crippen LogP contribution in [-0.2, 0) is 47.9 Å². The van der Waals surface area contributed by atoms with Crippen molar-refractivity contribution in [3.63, 3.8) is 0 Å². The number of para-hydroxylation sites is 1. The number of allylic oxidation sites excluding steroid dienone is 1. The van der Waals surface area contributed by atoms with Crippen LogP contribution in [0.3, 0.4) is 0 Å². The maximum atomic E-state index is 12.7. The standard InChI is InChI=1S/C26H30N2O7/c1-4-33-22(29)14-12-17-19(15-23(30)34-5-2)21(27-24(17)26(32)35-6-3)13-11-18-16-9-7-8-10-20(16)28-25(18)31/h7-11,27H,4-6,12-15H2,1-3H3,(H,28,31). The molecule has 1 aromatic heterocycles. The molecule has 0 saturated carbocycles. The molecule has 9 heteroatoms. The summed E-state index contributed by atoms with van der Waals surface area (Å²) in [6.45, 7) is 5.74. The zero-order chi connectivity index (χ0) is 25.4. The third-order valence-corrected chi connectivity index (χ3v) is 5.52. The van der Waals surface area contributed by atoms with Gasteiger partial charge in [-0.2, -0.15) is 0 Å². The minimum Gasteiger partial charge on any atom is -0.466 e. The van der Waals surface area contributed by atoms with Crippen LogP contribution < -0.4 is 5.32 Å². The van der Waals surface area contributed by atoms with E-state index >= 15 is 0 Å². The summed E-state index contributed by atoms with van der Waals surface area (Å²) in [7, 11) is 0. The number of hydrogen-bond donors (Lipinski definition) is 2. The largest absolute Gasteiger partial charge is 0.466 e. The number of benzene rings is 1. The van der Waals surface area contributed by atoms with Crippen molar-refractivity contribution in [2.24, 2.45) is 0 Å². The summed E-state index contributed by atoms with van der Waals surface area (Å²) in [5.41, 5.74) is 3.83. The summed E-state index contributed by atoms with van der Waals surface area (Å²) in [5, 5.41) is 2.83. The van der Waals surface area contributed by atoms with Crippen LogP contribution in [0.4, 0.5) is 5.69 Å². The van der Waals surface area contributed by atoms with Gasteiger partial charge in [0.15, 0.2) is 0 Å². The molecule has 35 heavy (non-hydrogen) atoms. The number of anilines is 1. The molecule has 3 rings (SSSR count). The summed E-state index contributed by atoms with van der Waals surface area (Å²) < 4.78 is 15.4. The van der Waals surface area contributed by atoms with Gasteiger partial charge in [-0.15, -0.1) is 0 Å². The lowest BCUT2D eigenvalue weighted by molar-refractivity contribution is -0.143. The van der Waals surface area contributed by atoms with Gasteiger partial charge in [0.05, 0.1) is 26.2 Å². The first-order valence-electron chi connectivity index (χ1n) is 11.7. The van der Waals surface area contributed by atoms with Gasteiger partial charge in [0, 0.05) is 35.4 Å². The highest BCUT2D eigenvalue weighted by Crippen LogP contribution is 2.32. The Labute approximate surface area is 203 Å². The summed E-state index contributed by atoms with van der Waals surface area (Å²) in [6, 6.07) is 7.36. The number of carbonyl (C=O) groups excluding carboxylic acids is 4. The van der Waals surface area contributed by atoms with Gasteiger partial charge in [-0.05, 0) is 44.4 Å². The number of carbonyl (C=O) groups is 4. The molecular weight excluding hydrogens is 452 g/mol. The molecule has 0 radical (unpaired) electrons. The molecule has 1 aliphatic heterocycles. The average molecular weight is 483 g/mol. The molecule has 2 N–H and O–H groups in total. The highest BCUT2D eigenvalue weighted by molar-refractivity contribution is 6.31. The summed E-state index contributed by atoms with van der Waals surface area (Å²) >= 11 is 0. The maximum Gasteiger partial charge on any atom is 0.355 e. The Morgan fingerprint density at radius 2 is 1.60 bits per heavy atom. The lowest BCUT2D eigenvalue weighted by Gasteiger charge is -2.09. The van der Waals surface area contributed by atoms with Crippen LogP contribution in [-0.4, -0.2) is 48.6 Å². The number of amides is 1. The van der Waals surface area contributed by atoms with E-state index in [0.717, 1.165) is 11.3 Å². The number of ether oxygens (including phenoxy) is 3. The highest BCUT2D eigenvalue weighted by atomic mass is 16.5. The van der Waals surface area contributed by atoms with Gasteiger partial charge in [0.25, 0.3) is 5.91 Å². The number of nitrogens with one attached hydrogen (secondary N) is 2. The minimum absolute atomic E-state index is 0.0320. The van der Waals surface area contributed by atoms with Gasteiger partial charge in [0.2, 0.25) is 0 Å². The third-order valence-electron chi connectivity index (χ3n) is 5.52. The second-order valence-electron chi connectivity index (χ2n) is 7.76. The SMILES string of the molecule is CCOC(=O)CCc1c(C(=O)OCC)[nH]c(CC=C2C(=O)Nc3ccccc32)c1CC(=O)OCC. The van der Waals surface area contributed by atoms with Crippen LogP contribution in [0.15, 0.2) is 30.3 Å². The number of esters is 3. The van der Waals surface area contributed by atoms with Crippen molar-refractivity contribution < 1.29 is 33.4 Å².